The van der Waals surface area contributed by atoms with Gasteiger partial charge in [0, 0.05) is 31.6 Å². The van der Waals surface area contributed by atoms with Gasteiger partial charge in [-0.2, -0.15) is 0 Å². The Hall–Kier alpha value is -3.45. The summed E-state index contributed by atoms with van der Waals surface area (Å²) in [5.74, 6) is 1.28. The monoisotopic (exact) mass is 449 g/mol. The molecule has 2 aromatic carbocycles. The van der Waals surface area contributed by atoms with Crippen molar-refractivity contribution in [1.29, 1.82) is 0 Å². The molecular weight excluding hydrogens is 418 g/mol. The maximum absolute atomic E-state index is 13.5. The first kappa shape index (κ1) is 22.7. The number of fused-ring (bicyclic) bond motifs is 3. The fourth-order valence-corrected chi connectivity index (χ4v) is 4.33. The van der Waals surface area contributed by atoms with Gasteiger partial charge in [0.15, 0.2) is 11.5 Å². The number of carbonyl (C=O) groups is 1. The van der Waals surface area contributed by atoms with Crippen molar-refractivity contribution >= 4 is 6.03 Å². The molecule has 7 nitrogen and oxygen atoms in total. The number of para-hydroxylation sites is 1. The van der Waals surface area contributed by atoms with Crippen LogP contribution in [0.25, 0.3) is 5.69 Å². The average Bonchev–Trinajstić information content (AvgIpc) is 3.27. The van der Waals surface area contributed by atoms with Crippen LogP contribution in [-0.4, -0.2) is 49.5 Å². The standard InChI is InChI=1S/C26H31N3O4/c1-4-33-16-8-14-27-26(30)29-18-20-9-5-6-10-21(20)28-15-7-11-22(28)25(29)19-12-13-23(31-2)24(17-19)32-3/h5-7,9-13,15,17,25H,4,8,14,16,18H2,1-3H3,(H,27,30). The van der Waals surface area contributed by atoms with E-state index < -0.39 is 0 Å². The third-order valence-corrected chi connectivity index (χ3v) is 5.89. The van der Waals surface area contributed by atoms with Crippen LogP contribution in [0.1, 0.15) is 36.2 Å². The number of hydrogen-bond donors (Lipinski definition) is 1. The van der Waals surface area contributed by atoms with E-state index in [2.05, 4.69) is 28.1 Å². The minimum absolute atomic E-state index is 0.115. The van der Waals surface area contributed by atoms with Crippen LogP contribution < -0.4 is 14.8 Å². The summed E-state index contributed by atoms with van der Waals surface area (Å²) < 4.78 is 18.6. The van der Waals surface area contributed by atoms with Crippen LogP contribution in [-0.2, 0) is 11.3 Å². The zero-order valence-corrected chi connectivity index (χ0v) is 19.4. The number of nitrogens with zero attached hydrogens (tertiary/aromatic N) is 2. The van der Waals surface area contributed by atoms with Crippen molar-refractivity contribution in [1.82, 2.24) is 14.8 Å². The largest absolute Gasteiger partial charge is 0.493 e. The Morgan fingerprint density at radius 2 is 1.88 bits per heavy atom. The highest BCUT2D eigenvalue weighted by Crippen LogP contribution is 2.39. The Morgan fingerprint density at radius 1 is 1.06 bits per heavy atom. The Kier molecular flexibility index (Phi) is 7.19. The van der Waals surface area contributed by atoms with Crippen LogP contribution in [0, 0.1) is 0 Å². The van der Waals surface area contributed by atoms with Crippen LogP contribution >= 0.6 is 0 Å². The molecule has 0 bridgehead atoms. The quantitative estimate of drug-likeness (QED) is 0.513. The van der Waals surface area contributed by atoms with Crippen LogP contribution in [0.15, 0.2) is 60.8 Å². The van der Waals surface area contributed by atoms with E-state index in [-0.39, 0.29) is 12.1 Å². The van der Waals surface area contributed by atoms with Gasteiger partial charge in [-0.15, -0.1) is 0 Å². The number of amides is 2. The van der Waals surface area contributed by atoms with Crippen LogP contribution in [0.2, 0.25) is 0 Å². The molecule has 2 amide bonds. The first-order chi connectivity index (χ1) is 16.2. The molecule has 4 rings (SSSR count). The van der Waals surface area contributed by atoms with Crippen molar-refractivity contribution < 1.29 is 19.0 Å². The van der Waals surface area contributed by atoms with Gasteiger partial charge in [0.1, 0.15) is 0 Å². The highest BCUT2D eigenvalue weighted by Gasteiger charge is 2.33. The predicted octanol–water partition coefficient (Wildman–Crippen LogP) is 4.54. The van der Waals surface area contributed by atoms with E-state index in [1.165, 1.54) is 0 Å². The highest BCUT2D eigenvalue weighted by atomic mass is 16.5. The van der Waals surface area contributed by atoms with Crippen LogP contribution in [0.4, 0.5) is 4.79 Å². The van der Waals surface area contributed by atoms with Crippen molar-refractivity contribution in [2.75, 3.05) is 34.0 Å². The molecule has 0 fully saturated rings. The summed E-state index contributed by atoms with van der Waals surface area (Å²) in [5, 5.41) is 3.09. The van der Waals surface area contributed by atoms with Gasteiger partial charge in [-0.3, -0.25) is 0 Å². The molecule has 1 aromatic heterocycles. The lowest BCUT2D eigenvalue weighted by molar-refractivity contribution is 0.143. The predicted molar refractivity (Wildman–Crippen MR) is 127 cm³/mol. The van der Waals surface area contributed by atoms with E-state index in [9.17, 15) is 4.79 Å². The second-order valence-corrected chi connectivity index (χ2v) is 7.86. The molecule has 1 aliphatic rings. The smallest absolute Gasteiger partial charge is 0.318 e. The first-order valence-corrected chi connectivity index (χ1v) is 11.3. The van der Waals surface area contributed by atoms with Gasteiger partial charge >= 0.3 is 6.03 Å². The molecule has 174 valence electrons. The van der Waals surface area contributed by atoms with E-state index in [1.807, 2.05) is 54.4 Å². The van der Waals surface area contributed by atoms with Gasteiger partial charge in [-0.25, -0.2) is 4.79 Å². The molecule has 1 unspecified atom stereocenters. The molecule has 33 heavy (non-hydrogen) atoms. The molecule has 0 aliphatic carbocycles. The third kappa shape index (κ3) is 4.68. The zero-order chi connectivity index (χ0) is 23.2. The van der Waals surface area contributed by atoms with Crippen LogP contribution in [0.5, 0.6) is 11.5 Å². The highest BCUT2D eigenvalue weighted by molar-refractivity contribution is 5.76. The lowest BCUT2D eigenvalue weighted by atomic mass is 10.0. The van der Waals surface area contributed by atoms with Crippen molar-refractivity contribution in [3.8, 4) is 17.2 Å². The van der Waals surface area contributed by atoms with E-state index in [0.29, 0.717) is 37.8 Å². The Labute approximate surface area is 194 Å². The molecule has 1 atom stereocenters. The fraction of sp³-hybridized carbons (Fsp3) is 0.346. The number of benzene rings is 2. The Balaban J connectivity index is 1.75. The van der Waals surface area contributed by atoms with Crippen molar-refractivity contribution in [3.63, 3.8) is 0 Å². The van der Waals surface area contributed by atoms with Gasteiger partial charge < -0.3 is 29.0 Å². The third-order valence-electron chi connectivity index (χ3n) is 5.89. The molecule has 0 saturated heterocycles. The molecule has 3 aromatic rings. The summed E-state index contributed by atoms with van der Waals surface area (Å²) >= 11 is 0. The molecule has 0 spiro atoms. The van der Waals surface area contributed by atoms with E-state index in [0.717, 1.165) is 28.9 Å². The molecule has 1 aliphatic heterocycles. The summed E-state index contributed by atoms with van der Waals surface area (Å²) in [7, 11) is 3.24. The molecule has 1 N–H and O–H groups in total. The van der Waals surface area contributed by atoms with Crippen molar-refractivity contribution in [2.24, 2.45) is 0 Å². The maximum Gasteiger partial charge on any atom is 0.318 e. The van der Waals surface area contributed by atoms with E-state index >= 15 is 0 Å². The summed E-state index contributed by atoms with van der Waals surface area (Å²) in [6.07, 6.45) is 2.81. The Bertz CT molecular complexity index is 1090. The van der Waals surface area contributed by atoms with Gasteiger partial charge in [0.25, 0.3) is 0 Å². The van der Waals surface area contributed by atoms with Gasteiger partial charge in [0.05, 0.1) is 32.5 Å². The topological polar surface area (TPSA) is 65.0 Å². The molecule has 0 saturated carbocycles. The summed E-state index contributed by atoms with van der Waals surface area (Å²) in [6, 6.07) is 17.7. The van der Waals surface area contributed by atoms with Gasteiger partial charge in [0.2, 0.25) is 0 Å². The second-order valence-electron chi connectivity index (χ2n) is 7.86. The second kappa shape index (κ2) is 10.4. The van der Waals surface area contributed by atoms with E-state index in [4.69, 9.17) is 14.2 Å². The maximum atomic E-state index is 13.5. The number of ether oxygens (including phenoxy) is 3. The van der Waals surface area contributed by atoms with Gasteiger partial charge in [-0.1, -0.05) is 24.3 Å². The first-order valence-electron chi connectivity index (χ1n) is 11.3. The number of hydrogen-bond acceptors (Lipinski definition) is 4. The number of nitrogens with one attached hydrogen (secondary N) is 1. The molecule has 7 heteroatoms. The SMILES string of the molecule is CCOCCCNC(=O)N1Cc2ccccc2-n2cccc2C1c1ccc(OC)c(OC)c1. The summed E-state index contributed by atoms with van der Waals surface area (Å²) in [6.45, 7) is 4.30. The fourth-order valence-electron chi connectivity index (χ4n) is 4.33. The number of aromatic nitrogens is 1. The normalized spacial score (nSPS) is 14.8. The molecule has 2 heterocycles. The lowest BCUT2D eigenvalue weighted by Crippen LogP contribution is -2.42. The zero-order valence-electron chi connectivity index (χ0n) is 19.4. The number of rotatable bonds is 8. The van der Waals surface area contributed by atoms with Crippen molar-refractivity contribution in [2.45, 2.75) is 25.9 Å². The van der Waals surface area contributed by atoms with E-state index in [1.54, 1.807) is 14.2 Å². The van der Waals surface area contributed by atoms with Crippen molar-refractivity contribution in [3.05, 3.63) is 77.6 Å². The number of urea groups is 1. The Morgan fingerprint density at radius 3 is 2.67 bits per heavy atom. The number of carbonyl (C=O) groups excluding carboxylic acids is 1. The van der Waals surface area contributed by atoms with Crippen LogP contribution in [0.3, 0.4) is 0 Å². The number of methoxy groups -OCH3 is 2. The molecule has 0 radical (unpaired) electrons. The summed E-state index contributed by atoms with van der Waals surface area (Å²) in [4.78, 5) is 15.4. The minimum Gasteiger partial charge on any atom is -0.493 e. The van der Waals surface area contributed by atoms with Gasteiger partial charge in [-0.05, 0) is 54.8 Å². The molecular formula is C26H31N3O4. The minimum atomic E-state index is -0.306. The average molecular weight is 450 g/mol. The summed E-state index contributed by atoms with van der Waals surface area (Å²) in [5.41, 5.74) is 4.12. The lowest BCUT2D eigenvalue weighted by Gasteiger charge is -2.31.